The van der Waals surface area contributed by atoms with Crippen molar-refractivity contribution in [2.75, 3.05) is 29.8 Å². The highest BCUT2D eigenvalue weighted by Gasteiger charge is 2.39. The van der Waals surface area contributed by atoms with Gasteiger partial charge in [-0.3, -0.25) is 14.4 Å². The molecule has 0 spiro atoms. The predicted molar refractivity (Wildman–Crippen MR) is 149 cm³/mol. The Hall–Kier alpha value is -4.34. The number of nitrogens with zero attached hydrogens (tertiary/aromatic N) is 1. The van der Waals surface area contributed by atoms with Crippen molar-refractivity contribution in [3.8, 4) is 5.75 Å². The zero-order valence-corrected chi connectivity index (χ0v) is 22.9. The summed E-state index contributed by atoms with van der Waals surface area (Å²) in [6, 6.07) is 14.4. The average molecular weight is 568 g/mol. The molecule has 9 nitrogen and oxygen atoms in total. The van der Waals surface area contributed by atoms with Gasteiger partial charge < -0.3 is 20.1 Å². The third-order valence-electron chi connectivity index (χ3n) is 6.02. The van der Waals surface area contributed by atoms with Crippen LogP contribution in [0.2, 0.25) is 5.02 Å². The molecule has 0 radical (unpaired) electrons. The van der Waals surface area contributed by atoms with E-state index in [1.165, 1.54) is 32.4 Å². The van der Waals surface area contributed by atoms with Crippen molar-refractivity contribution in [3.63, 3.8) is 0 Å². The molecule has 0 saturated carbocycles. The Bertz CT molecular complexity index is 1550. The minimum absolute atomic E-state index is 0.0956. The number of amides is 3. The van der Waals surface area contributed by atoms with Gasteiger partial charge in [0.15, 0.2) is 0 Å². The van der Waals surface area contributed by atoms with Crippen LogP contribution in [0.25, 0.3) is 0 Å². The average Bonchev–Trinajstić information content (AvgIpc) is 3.13. The van der Waals surface area contributed by atoms with E-state index in [4.69, 9.17) is 32.7 Å². The van der Waals surface area contributed by atoms with Gasteiger partial charge >= 0.3 is 5.97 Å². The molecule has 39 heavy (non-hydrogen) atoms. The van der Waals surface area contributed by atoms with Gasteiger partial charge in [-0.1, -0.05) is 47.0 Å². The van der Waals surface area contributed by atoms with Crippen molar-refractivity contribution in [2.45, 2.75) is 13.8 Å². The molecule has 0 aromatic heterocycles. The first-order valence-electron chi connectivity index (χ1n) is 11.6. The fraction of sp³-hybridized carbons (Fsp3) is 0.143. The first-order chi connectivity index (χ1) is 18.5. The number of carbonyl (C=O) groups is 4. The summed E-state index contributed by atoms with van der Waals surface area (Å²) in [5, 5.41) is 5.44. The van der Waals surface area contributed by atoms with Crippen molar-refractivity contribution in [2.24, 2.45) is 0 Å². The number of imide groups is 1. The highest BCUT2D eigenvalue weighted by atomic mass is 35.5. The lowest BCUT2D eigenvalue weighted by Crippen LogP contribution is -2.32. The van der Waals surface area contributed by atoms with Gasteiger partial charge in [-0.15, -0.1) is 0 Å². The number of anilines is 3. The van der Waals surface area contributed by atoms with Gasteiger partial charge in [0.25, 0.3) is 17.7 Å². The summed E-state index contributed by atoms with van der Waals surface area (Å²) in [6.07, 6.45) is 0. The number of nitrogens with one attached hydrogen (secondary N) is 2. The Morgan fingerprint density at radius 1 is 0.872 bits per heavy atom. The van der Waals surface area contributed by atoms with Gasteiger partial charge in [0.1, 0.15) is 22.0 Å². The summed E-state index contributed by atoms with van der Waals surface area (Å²) in [5.74, 6) is -2.28. The van der Waals surface area contributed by atoms with Crippen molar-refractivity contribution in [3.05, 3.63) is 92.6 Å². The van der Waals surface area contributed by atoms with Crippen LogP contribution in [0.3, 0.4) is 0 Å². The molecule has 0 fully saturated rings. The zero-order chi connectivity index (χ0) is 28.4. The normalized spacial score (nSPS) is 13.0. The molecular formula is C28H23Cl2N3O6. The van der Waals surface area contributed by atoms with Crippen LogP contribution in [0.4, 0.5) is 17.1 Å². The highest BCUT2D eigenvalue weighted by molar-refractivity contribution is 6.53. The molecule has 11 heteroatoms. The molecule has 0 bridgehead atoms. The number of aryl methyl sites for hydroxylation is 2. The molecule has 0 aliphatic carbocycles. The standard InChI is InChI=1S/C28H23Cl2N3O6/c1-14-5-9-17(10-6-14)33-26(35)23(30)24(27(33)36)31-20-11-16(8-7-15(20)2)25(34)32-21-13-22(38-3)18(12-19(21)29)28(37)39-4/h5-13,31H,1-4H3,(H,32,34). The third kappa shape index (κ3) is 5.45. The van der Waals surface area contributed by atoms with Gasteiger partial charge in [-0.2, -0.15) is 0 Å². The van der Waals surface area contributed by atoms with E-state index in [2.05, 4.69) is 10.6 Å². The van der Waals surface area contributed by atoms with Crippen LogP contribution in [-0.2, 0) is 14.3 Å². The molecule has 2 N–H and O–H groups in total. The minimum atomic E-state index is -0.654. The molecule has 3 aromatic carbocycles. The summed E-state index contributed by atoms with van der Waals surface area (Å²) in [4.78, 5) is 52.0. The van der Waals surface area contributed by atoms with E-state index < -0.39 is 23.7 Å². The second-order valence-electron chi connectivity index (χ2n) is 8.60. The monoisotopic (exact) mass is 567 g/mol. The van der Waals surface area contributed by atoms with Crippen molar-refractivity contribution >= 4 is 64.0 Å². The molecule has 1 aliphatic rings. The van der Waals surface area contributed by atoms with Crippen LogP contribution in [0, 0.1) is 13.8 Å². The summed E-state index contributed by atoms with van der Waals surface area (Å²) in [7, 11) is 2.60. The van der Waals surface area contributed by atoms with Crippen LogP contribution in [0.1, 0.15) is 31.8 Å². The molecule has 1 aliphatic heterocycles. The van der Waals surface area contributed by atoms with Crippen molar-refractivity contribution in [1.82, 2.24) is 0 Å². The Kier molecular flexibility index (Phi) is 7.94. The summed E-state index contributed by atoms with van der Waals surface area (Å²) in [5.41, 5.74) is 2.88. The number of halogens is 2. The molecule has 1 heterocycles. The number of ether oxygens (including phenoxy) is 2. The molecule has 3 amide bonds. The number of esters is 1. The van der Waals surface area contributed by atoms with Gasteiger partial charge in [-0.05, 0) is 49.7 Å². The maximum absolute atomic E-state index is 13.1. The number of hydrogen-bond acceptors (Lipinski definition) is 7. The Morgan fingerprint density at radius 2 is 1.56 bits per heavy atom. The van der Waals surface area contributed by atoms with Gasteiger partial charge in [-0.25, -0.2) is 9.69 Å². The fourth-order valence-electron chi connectivity index (χ4n) is 3.85. The maximum atomic E-state index is 13.1. The zero-order valence-electron chi connectivity index (χ0n) is 21.3. The lowest BCUT2D eigenvalue weighted by Gasteiger charge is -2.16. The number of carbonyl (C=O) groups excluding carboxylic acids is 4. The summed E-state index contributed by atoms with van der Waals surface area (Å²) in [6.45, 7) is 3.66. The molecular weight excluding hydrogens is 545 g/mol. The lowest BCUT2D eigenvalue weighted by atomic mass is 10.1. The van der Waals surface area contributed by atoms with Crippen LogP contribution >= 0.6 is 23.2 Å². The minimum Gasteiger partial charge on any atom is -0.496 e. The predicted octanol–water partition coefficient (Wildman–Crippen LogP) is 5.44. The third-order valence-corrected chi connectivity index (χ3v) is 6.68. The topological polar surface area (TPSA) is 114 Å². The Balaban J connectivity index is 1.58. The molecule has 200 valence electrons. The van der Waals surface area contributed by atoms with E-state index in [0.717, 1.165) is 10.5 Å². The molecule has 0 atom stereocenters. The van der Waals surface area contributed by atoms with Crippen molar-refractivity contribution < 1.29 is 28.7 Å². The second kappa shape index (κ2) is 11.2. The molecule has 3 aromatic rings. The van der Waals surface area contributed by atoms with Crippen LogP contribution in [-0.4, -0.2) is 37.9 Å². The highest BCUT2D eigenvalue weighted by Crippen LogP contribution is 2.33. The first kappa shape index (κ1) is 27.7. The Labute approximate surface area is 234 Å². The first-order valence-corrected chi connectivity index (χ1v) is 12.3. The van der Waals surface area contributed by atoms with Gasteiger partial charge in [0.05, 0.1) is 30.6 Å². The molecule has 4 rings (SSSR count). The van der Waals surface area contributed by atoms with Gasteiger partial charge in [0, 0.05) is 17.3 Å². The number of methoxy groups -OCH3 is 2. The van der Waals surface area contributed by atoms with Crippen LogP contribution < -0.4 is 20.3 Å². The number of benzene rings is 3. The Morgan fingerprint density at radius 3 is 2.21 bits per heavy atom. The summed E-state index contributed by atoms with van der Waals surface area (Å²) >= 11 is 12.6. The smallest absolute Gasteiger partial charge is 0.341 e. The van der Waals surface area contributed by atoms with E-state index in [1.807, 2.05) is 6.92 Å². The van der Waals surface area contributed by atoms with Gasteiger partial charge in [0.2, 0.25) is 0 Å². The van der Waals surface area contributed by atoms with Crippen molar-refractivity contribution in [1.29, 1.82) is 0 Å². The molecule has 0 unspecified atom stereocenters. The summed E-state index contributed by atoms with van der Waals surface area (Å²) < 4.78 is 9.96. The SMILES string of the molecule is COC(=O)c1cc(Cl)c(NC(=O)c2ccc(C)c(NC3=C(Cl)C(=O)N(c4ccc(C)cc4)C3=O)c2)cc1OC. The van der Waals surface area contributed by atoms with Crippen LogP contribution in [0.15, 0.2) is 65.3 Å². The van der Waals surface area contributed by atoms with E-state index in [0.29, 0.717) is 16.9 Å². The van der Waals surface area contributed by atoms with E-state index in [9.17, 15) is 19.2 Å². The van der Waals surface area contributed by atoms with Crippen LogP contribution in [0.5, 0.6) is 5.75 Å². The maximum Gasteiger partial charge on any atom is 0.341 e. The number of hydrogen-bond donors (Lipinski definition) is 2. The van der Waals surface area contributed by atoms with E-state index in [-0.39, 0.29) is 38.3 Å². The largest absolute Gasteiger partial charge is 0.496 e. The second-order valence-corrected chi connectivity index (χ2v) is 9.39. The van der Waals surface area contributed by atoms with E-state index >= 15 is 0 Å². The fourth-order valence-corrected chi connectivity index (χ4v) is 4.28. The molecule has 0 saturated heterocycles. The quantitative estimate of drug-likeness (QED) is 0.288. The van der Waals surface area contributed by atoms with E-state index in [1.54, 1.807) is 43.3 Å². The lowest BCUT2D eigenvalue weighted by molar-refractivity contribution is -0.120. The number of rotatable bonds is 7.